The molecular formula is C14H12Cl2N2O4S. The molecule has 0 spiro atoms. The van der Waals surface area contributed by atoms with E-state index >= 15 is 0 Å². The molecule has 2 aromatic rings. The molecule has 0 bridgehead atoms. The van der Waals surface area contributed by atoms with E-state index in [2.05, 4.69) is 0 Å². The van der Waals surface area contributed by atoms with E-state index in [1.165, 1.54) is 37.4 Å². The molecule has 0 saturated heterocycles. The van der Waals surface area contributed by atoms with Crippen molar-refractivity contribution in [3.05, 3.63) is 62.1 Å². The number of sulfonamides is 1. The molecule has 0 N–H and O–H groups in total. The highest BCUT2D eigenvalue weighted by atomic mass is 35.5. The smallest absolute Gasteiger partial charge is 0.268 e. The molecule has 0 aliphatic rings. The van der Waals surface area contributed by atoms with Crippen LogP contribution < -0.4 is 4.31 Å². The van der Waals surface area contributed by atoms with Crippen molar-refractivity contribution in [3.63, 3.8) is 0 Å². The maximum absolute atomic E-state index is 12.8. The zero-order valence-electron chi connectivity index (χ0n) is 12.2. The fourth-order valence-corrected chi connectivity index (χ4v) is 3.89. The second kappa shape index (κ2) is 6.35. The quantitative estimate of drug-likeness (QED) is 0.597. The van der Waals surface area contributed by atoms with Crippen LogP contribution in [0.15, 0.2) is 41.3 Å². The summed E-state index contributed by atoms with van der Waals surface area (Å²) in [6, 6.07) is 8.09. The van der Waals surface area contributed by atoms with E-state index in [4.69, 9.17) is 23.2 Å². The Morgan fingerprint density at radius 2 is 1.78 bits per heavy atom. The molecule has 23 heavy (non-hydrogen) atoms. The van der Waals surface area contributed by atoms with Crippen molar-refractivity contribution < 1.29 is 13.3 Å². The molecule has 6 nitrogen and oxygen atoms in total. The molecule has 0 radical (unpaired) electrons. The molecule has 0 unspecified atom stereocenters. The fourth-order valence-electron chi connectivity index (χ4n) is 1.98. The molecule has 2 aromatic carbocycles. The van der Waals surface area contributed by atoms with Gasteiger partial charge in [0.1, 0.15) is 0 Å². The number of anilines is 1. The predicted molar refractivity (Wildman–Crippen MR) is 89.9 cm³/mol. The number of hydrogen-bond donors (Lipinski definition) is 0. The van der Waals surface area contributed by atoms with Gasteiger partial charge in [0, 0.05) is 24.2 Å². The van der Waals surface area contributed by atoms with Gasteiger partial charge < -0.3 is 0 Å². The first-order valence-corrected chi connectivity index (χ1v) is 8.53. The third kappa shape index (κ3) is 3.41. The molecule has 2 rings (SSSR count). The van der Waals surface area contributed by atoms with Gasteiger partial charge >= 0.3 is 0 Å². The number of nitro groups is 1. The number of rotatable bonds is 4. The van der Waals surface area contributed by atoms with E-state index in [0.29, 0.717) is 10.6 Å². The number of nitro benzene ring substituents is 1. The van der Waals surface area contributed by atoms with Gasteiger partial charge in [-0.3, -0.25) is 14.4 Å². The highest BCUT2D eigenvalue weighted by Crippen LogP contribution is 2.33. The lowest BCUT2D eigenvalue weighted by Crippen LogP contribution is -2.27. The van der Waals surface area contributed by atoms with Gasteiger partial charge in [-0.2, -0.15) is 0 Å². The minimum atomic E-state index is -4.03. The number of non-ortho nitro benzene ring substituents is 1. The van der Waals surface area contributed by atoms with Crippen LogP contribution in [0.5, 0.6) is 0 Å². The minimum Gasteiger partial charge on any atom is -0.268 e. The monoisotopic (exact) mass is 374 g/mol. The Morgan fingerprint density at radius 1 is 1.13 bits per heavy atom. The largest absolute Gasteiger partial charge is 0.270 e. The van der Waals surface area contributed by atoms with Crippen LogP contribution in [-0.4, -0.2) is 20.4 Å². The van der Waals surface area contributed by atoms with Crippen molar-refractivity contribution in [2.24, 2.45) is 0 Å². The SMILES string of the molecule is Cc1ccc([N+](=O)[O-])cc1S(=O)(=O)N(C)c1cc(Cl)ccc1Cl. The topological polar surface area (TPSA) is 80.5 Å². The van der Waals surface area contributed by atoms with Crippen molar-refractivity contribution in [1.29, 1.82) is 0 Å². The Labute approximate surface area is 143 Å². The van der Waals surface area contributed by atoms with E-state index < -0.39 is 14.9 Å². The molecule has 0 aromatic heterocycles. The molecule has 0 fully saturated rings. The van der Waals surface area contributed by atoms with E-state index in [1.807, 2.05) is 0 Å². The van der Waals surface area contributed by atoms with Crippen LogP contribution in [0.4, 0.5) is 11.4 Å². The summed E-state index contributed by atoms with van der Waals surface area (Å²) in [5, 5.41) is 11.4. The average molecular weight is 375 g/mol. The zero-order chi connectivity index (χ0) is 17.4. The van der Waals surface area contributed by atoms with E-state index in [-0.39, 0.29) is 21.3 Å². The van der Waals surface area contributed by atoms with Crippen molar-refractivity contribution >= 4 is 44.6 Å². The highest BCUT2D eigenvalue weighted by molar-refractivity contribution is 7.92. The number of benzene rings is 2. The fraction of sp³-hybridized carbons (Fsp3) is 0.143. The van der Waals surface area contributed by atoms with Crippen molar-refractivity contribution in [2.75, 3.05) is 11.4 Å². The third-order valence-corrected chi connectivity index (χ3v) is 5.74. The average Bonchev–Trinajstić information content (AvgIpc) is 2.49. The highest BCUT2D eigenvalue weighted by Gasteiger charge is 2.27. The van der Waals surface area contributed by atoms with Gasteiger partial charge in [-0.25, -0.2) is 8.42 Å². The molecule has 0 amide bonds. The van der Waals surface area contributed by atoms with Crippen LogP contribution in [0.3, 0.4) is 0 Å². The van der Waals surface area contributed by atoms with Crippen LogP contribution in [0.25, 0.3) is 0 Å². The normalized spacial score (nSPS) is 11.3. The summed E-state index contributed by atoms with van der Waals surface area (Å²) in [5.41, 5.74) is 0.269. The molecule has 0 heterocycles. The lowest BCUT2D eigenvalue weighted by molar-refractivity contribution is -0.385. The van der Waals surface area contributed by atoms with Crippen molar-refractivity contribution in [3.8, 4) is 0 Å². The van der Waals surface area contributed by atoms with Crippen LogP contribution >= 0.6 is 23.2 Å². The number of hydrogen-bond acceptors (Lipinski definition) is 4. The second-order valence-electron chi connectivity index (χ2n) is 4.78. The van der Waals surface area contributed by atoms with Gasteiger partial charge in [-0.05, 0) is 30.7 Å². The van der Waals surface area contributed by atoms with Gasteiger partial charge in [0.25, 0.3) is 15.7 Å². The summed E-state index contributed by atoms with van der Waals surface area (Å²) in [6.07, 6.45) is 0. The Bertz CT molecular complexity index is 884. The Kier molecular flexibility index (Phi) is 4.84. The van der Waals surface area contributed by atoms with Gasteiger partial charge in [-0.15, -0.1) is 0 Å². The summed E-state index contributed by atoms with van der Waals surface area (Å²) >= 11 is 11.9. The van der Waals surface area contributed by atoms with Crippen LogP contribution in [0.1, 0.15) is 5.56 Å². The van der Waals surface area contributed by atoms with Crippen LogP contribution in [0, 0.1) is 17.0 Å². The molecular weight excluding hydrogens is 363 g/mol. The van der Waals surface area contributed by atoms with Gasteiger partial charge in [0.2, 0.25) is 0 Å². The molecule has 0 saturated carbocycles. The van der Waals surface area contributed by atoms with Gasteiger partial charge in [0.05, 0.1) is 20.5 Å². The lowest BCUT2D eigenvalue weighted by atomic mass is 10.2. The van der Waals surface area contributed by atoms with Gasteiger partial charge in [0.15, 0.2) is 0 Å². The second-order valence-corrected chi connectivity index (χ2v) is 7.56. The number of halogens is 2. The van der Waals surface area contributed by atoms with E-state index in [1.54, 1.807) is 6.92 Å². The summed E-state index contributed by atoms with van der Waals surface area (Å²) in [4.78, 5) is 10.1. The lowest BCUT2D eigenvalue weighted by Gasteiger charge is -2.21. The van der Waals surface area contributed by atoms with Crippen molar-refractivity contribution in [1.82, 2.24) is 0 Å². The molecule has 9 heteroatoms. The minimum absolute atomic E-state index is 0.162. The summed E-state index contributed by atoms with van der Waals surface area (Å²) in [5.74, 6) is 0. The Hall–Kier alpha value is -1.83. The predicted octanol–water partition coefficient (Wildman–Crippen LogP) is 4.04. The molecule has 0 atom stereocenters. The summed E-state index contributed by atoms with van der Waals surface area (Å²) in [7, 11) is -2.72. The first kappa shape index (κ1) is 17.5. The van der Waals surface area contributed by atoms with E-state index in [9.17, 15) is 18.5 Å². The Morgan fingerprint density at radius 3 is 2.39 bits per heavy atom. The standard InChI is InChI=1S/C14H12Cl2N2O4S/c1-9-3-5-11(18(19)20)8-14(9)23(21,22)17(2)13-7-10(15)4-6-12(13)16/h3-8H,1-2H3. The first-order chi connectivity index (χ1) is 10.6. The van der Waals surface area contributed by atoms with Gasteiger partial charge in [-0.1, -0.05) is 29.3 Å². The van der Waals surface area contributed by atoms with E-state index in [0.717, 1.165) is 10.4 Å². The molecule has 0 aliphatic carbocycles. The molecule has 122 valence electrons. The maximum atomic E-state index is 12.8. The summed E-state index contributed by atoms with van der Waals surface area (Å²) < 4.78 is 26.5. The van der Waals surface area contributed by atoms with Crippen LogP contribution in [0.2, 0.25) is 10.0 Å². The first-order valence-electron chi connectivity index (χ1n) is 6.33. The van der Waals surface area contributed by atoms with Crippen LogP contribution in [-0.2, 0) is 10.0 Å². The Balaban J connectivity index is 2.60. The maximum Gasteiger partial charge on any atom is 0.270 e. The molecule has 0 aliphatic heterocycles. The number of aryl methyl sites for hydroxylation is 1. The van der Waals surface area contributed by atoms with Crippen molar-refractivity contribution in [2.45, 2.75) is 11.8 Å². The number of nitrogens with zero attached hydrogens (tertiary/aromatic N) is 2. The summed E-state index contributed by atoms with van der Waals surface area (Å²) in [6.45, 7) is 1.56. The zero-order valence-corrected chi connectivity index (χ0v) is 14.5. The third-order valence-electron chi connectivity index (χ3n) is 3.27.